The number of rotatable bonds is 1. The van der Waals surface area contributed by atoms with E-state index in [4.69, 9.17) is 0 Å². The summed E-state index contributed by atoms with van der Waals surface area (Å²) in [6.45, 7) is 7.94. The lowest BCUT2D eigenvalue weighted by Gasteiger charge is -2.45. The zero-order valence-corrected chi connectivity index (χ0v) is 12.0. The molecule has 0 spiro atoms. The fourth-order valence-corrected chi connectivity index (χ4v) is 6.07. The van der Waals surface area contributed by atoms with Gasteiger partial charge in [0.1, 0.15) is 0 Å². The van der Waals surface area contributed by atoms with Crippen LogP contribution in [0, 0.1) is 17.3 Å². The van der Waals surface area contributed by atoms with Gasteiger partial charge in [0.2, 0.25) is 0 Å². The molecular weight excluding hydrogens is 280 g/mol. The molecule has 4 bridgehead atoms. The van der Waals surface area contributed by atoms with E-state index in [-0.39, 0.29) is 11.3 Å². The SMILES string of the molecule is C=C(C)C1(O)CCC2(C)C(=O)C3(Br)CCC2C13. The lowest BCUT2D eigenvalue weighted by Crippen LogP contribution is -2.49. The molecule has 0 radical (unpaired) electrons. The minimum atomic E-state index is -0.851. The fraction of sp³-hybridized carbons (Fsp3) is 0.786. The predicted octanol–water partition coefficient (Wildman–Crippen LogP) is 2.84. The van der Waals surface area contributed by atoms with Crippen LogP contribution < -0.4 is 0 Å². The van der Waals surface area contributed by atoms with Crippen LogP contribution in [0.3, 0.4) is 0 Å². The van der Waals surface area contributed by atoms with Gasteiger partial charge in [-0.2, -0.15) is 0 Å². The Kier molecular flexibility index (Phi) is 2.14. The maximum atomic E-state index is 12.6. The molecule has 3 fully saturated rings. The summed E-state index contributed by atoms with van der Waals surface area (Å²) in [6.07, 6.45) is 3.39. The molecule has 3 rings (SSSR count). The van der Waals surface area contributed by atoms with Crippen LogP contribution in [0.5, 0.6) is 0 Å². The Morgan fingerprint density at radius 1 is 1.47 bits per heavy atom. The highest BCUT2D eigenvalue weighted by Gasteiger charge is 2.75. The van der Waals surface area contributed by atoms with Gasteiger partial charge in [0.05, 0.1) is 9.93 Å². The quantitative estimate of drug-likeness (QED) is 0.597. The van der Waals surface area contributed by atoms with Gasteiger partial charge >= 0.3 is 0 Å². The highest BCUT2D eigenvalue weighted by Crippen LogP contribution is 2.71. The molecule has 0 aliphatic heterocycles. The van der Waals surface area contributed by atoms with E-state index in [1.165, 1.54) is 0 Å². The monoisotopic (exact) mass is 298 g/mol. The first-order valence-electron chi connectivity index (χ1n) is 6.39. The summed E-state index contributed by atoms with van der Waals surface area (Å²) in [6, 6.07) is 0. The van der Waals surface area contributed by atoms with Crippen LogP contribution in [-0.4, -0.2) is 20.8 Å². The molecule has 0 aromatic carbocycles. The third-order valence-electron chi connectivity index (χ3n) is 5.71. The van der Waals surface area contributed by atoms with Crippen molar-refractivity contribution in [3.8, 4) is 0 Å². The van der Waals surface area contributed by atoms with Crippen molar-refractivity contribution in [3.05, 3.63) is 12.2 Å². The van der Waals surface area contributed by atoms with Crippen LogP contribution in [0.1, 0.15) is 39.5 Å². The Hall–Kier alpha value is -0.150. The third-order valence-corrected chi connectivity index (χ3v) is 6.96. The van der Waals surface area contributed by atoms with Crippen molar-refractivity contribution in [2.24, 2.45) is 17.3 Å². The molecular formula is C14H19BrO2. The van der Waals surface area contributed by atoms with Crippen LogP contribution in [0.2, 0.25) is 0 Å². The Morgan fingerprint density at radius 3 is 2.71 bits per heavy atom. The number of hydrogen-bond donors (Lipinski definition) is 1. The van der Waals surface area contributed by atoms with E-state index in [0.29, 0.717) is 18.1 Å². The van der Waals surface area contributed by atoms with E-state index >= 15 is 0 Å². The number of carbonyl (C=O) groups excluding carboxylic acids is 1. The number of ketones is 1. The molecule has 3 aliphatic carbocycles. The molecule has 5 atom stereocenters. The van der Waals surface area contributed by atoms with Gasteiger partial charge in [-0.05, 0) is 44.1 Å². The summed E-state index contributed by atoms with van der Waals surface area (Å²) in [4.78, 5) is 12.6. The number of alkyl halides is 1. The molecule has 94 valence electrons. The smallest absolute Gasteiger partial charge is 0.156 e. The van der Waals surface area contributed by atoms with Crippen LogP contribution in [0.25, 0.3) is 0 Å². The van der Waals surface area contributed by atoms with Crippen molar-refractivity contribution >= 4 is 21.7 Å². The molecule has 3 heteroatoms. The van der Waals surface area contributed by atoms with Gasteiger partial charge in [0.25, 0.3) is 0 Å². The Morgan fingerprint density at radius 2 is 2.12 bits per heavy atom. The highest BCUT2D eigenvalue weighted by atomic mass is 79.9. The Balaban J connectivity index is 2.17. The summed E-state index contributed by atoms with van der Waals surface area (Å²) < 4.78 is -0.489. The highest BCUT2D eigenvalue weighted by molar-refractivity contribution is 9.10. The van der Waals surface area contributed by atoms with Crippen molar-refractivity contribution < 1.29 is 9.90 Å². The number of carbonyl (C=O) groups is 1. The van der Waals surface area contributed by atoms with Crippen molar-refractivity contribution in [3.63, 3.8) is 0 Å². The molecule has 3 aliphatic rings. The largest absolute Gasteiger partial charge is 0.385 e. The first-order chi connectivity index (χ1) is 7.77. The van der Waals surface area contributed by atoms with Gasteiger partial charge in [0.15, 0.2) is 5.78 Å². The van der Waals surface area contributed by atoms with Crippen molar-refractivity contribution in [2.75, 3.05) is 0 Å². The molecule has 17 heavy (non-hydrogen) atoms. The Bertz CT molecular complexity index is 428. The van der Waals surface area contributed by atoms with Gasteiger partial charge in [-0.3, -0.25) is 4.79 Å². The summed E-state index contributed by atoms with van der Waals surface area (Å²) in [5.74, 6) is 0.673. The predicted molar refractivity (Wildman–Crippen MR) is 70.0 cm³/mol. The van der Waals surface area contributed by atoms with Gasteiger partial charge < -0.3 is 5.11 Å². The summed E-state index contributed by atoms with van der Waals surface area (Å²) in [5, 5.41) is 10.9. The zero-order chi connectivity index (χ0) is 12.6. The molecule has 0 heterocycles. The molecule has 3 saturated carbocycles. The van der Waals surface area contributed by atoms with E-state index in [2.05, 4.69) is 29.4 Å². The second kappa shape index (κ2) is 3.05. The van der Waals surface area contributed by atoms with E-state index in [1.54, 1.807) is 0 Å². The van der Waals surface area contributed by atoms with Crippen LogP contribution in [-0.2, 0) is 4.79 Å². The van der Waals surface area contributed by atoms with Crippen LogP contribution in [0.15, 0.2) is 12.2 Å². The Labute approximate surface area is 111 Å². The molecule has 5 unspecified atom stereocenters. The molecule has 0 amide bonds. The normalized spacial score (nSPS) is 56.4. The van der Waals surface area contributed by atoms with E-state index < -0.39 is 9.93 Å². The van der Waals surface area contributed by atoms with E-state index in [1.807, 2.05) is 6.92 Å². The molecule has 1 N–H and O–H groups in total. The van der Waals surface area contributed by atoms with Gasteiger partial charge in [-0.1, -0.05) is 29.4 Å². The van der Waals surface area contributed by atoms with Crippen molar-refractivity contribution in [1.82, 2.24) is 0 Å². The number of aliphatic hydroxyl groups is 1. The maximum absolute atomic E-state index is 12.6. The van der Waals surface area contributed by atoms with E-state index in [0.717, 1.165) is 24.8 Å². The standard InChI is InChI=1S/C14H19BrO2/c1-8(2)14(17)7-6-12(3)9-4-5-13(15,10(9)14)11(12)16/h9-10,17H,1,4-7H2,2-3H3. The molecule has 2 nitrogen and oxygen atoms in total. The second-order valence-electron chi connectivity index (χ2n) is 6.44. The second-order valence-corrected chi connectivity index (χ2v) is 7.85. The zero-order valence-electron chi connectivity index (χ0n) is 10.4. The number of Topliss-reactive ketones (excluding diaryl/α,β-unsaturated/α-hetero) is 1. The molecule has 0 saturated heterocycles. The lowest BCUT2D eigenvalue weighted by molar-refractivity contribution is -0.131. The summed E-state index contributed by atoms with van der Waals surface area (Å²) >= 11 is 3.69. The van der Waals surface area contributed by atoms with Crippen LogP contribution >= 0.6 is 15.9 Å². The van der Waals surface area contributed by atoms with Gasteiger partial charge in [-0.25, -0.2) is 0 Å². The number of hydrogen-bond acceptors (Lipinski definition) is 2. The maximum Gasteiger partial charge on any atom is 0.156 e. The van der Waals surface area contributed by atoms with Gasteiger partial charge in [-0.15, -0.1) is 0 Å². The first-order valence-corrected chi connectivity index (χ1v) is 7.18. The lowest BCUT2D eigenvalue weighted by atomic mass is 9.61. The van der Waals surface area contributed by atoms with Crippen molar-refractivity contribution in [1.29, 1.82) is 0 Å². The summed E-state index contributed by atoms with van der Waals surface area (Å²) in [7, 11) is 0. The molecule has 0 aromatic heterocycles. The first kappa shape index (κ1) is 11.9. The third kappa shape index (κ3) is 1.09. The average Bonchev–Trinajstić information content (AvgIpc) is 2.68. The minimum Gasteiger partial charge on any atom is -0.385 e. The van der Waals surface area contributed by atoms with E-state index in [9.17, 15) is 9.90 Å². The van der Waals surface area contributed by atoms with Crippen LogP contribution in [0.4, 0.5) is 0 Å². The molecule has 0 aromatic rings. The van der Waals surface area contributed by atoms with Crippen molar-refractivity contribution in [2.45, 2.75) is 49.5 Å². The average molecular weight is 299 g/mol. The van der Waals surface area contributed by atoms with Gasteiger partial charge in [0, 0.05) is 11.3 Å². The topological polar surface area (TPSA) is 37.3 Å². The minimum absolute atomic E-state index is 0.0266. The summed E-state index contributed by atoms with van der Waals surface area (Å²) in [5.41, 5.74) is -0.250. The fourth-order valence-electron chi connectivity index (χ4n) is 4.69. The number of halogens is 1.